The van der Waals surface area contributed by atoms with Gasteiger partial charge in [-0.05, 0) is 48.5 Å². The van der Waals surface area contributed by atoms with Gasteiger partial charge in [0.15, 0.2) is 0 Å². The van der Waals surface area contributed by atoms with E-state index in [4.69, 9.17) is 51.1 Å². The second-order valence-electron chi connectivity index (χ2n) is 8.41. The molecule has 6 nitrogen and oxygen atoms in total. The summed E-state index contributed by atoms with van der Waals surface area (Å²) in [7, 11) is 0. The summed E-state index contributed by atoms with van der Waals surface area (Å²) in [5, 5.41) is 6.32. The summed E-state index contributed by atoms with van der Waals surface area (Å²) >= 11 is 28.4. The van der Waals surface area contributed by atoms with Gasteiger partial charge in [-0.1, -0.05) is 92.7 Å². The van der Waals surface area contributed by atoms with Crippen LogP contribution in [0, 0.1) is 0 Å². The van der Waals surface area contributed by atoms with Crippen molar-refractivity contribution in [1.29, 1.82) is 0 Å². The molecule has 0 bridgehead atoms. The highest BCUT2D eigenvalue weighted by Crippen LogP contribution is 2.38. The van der Waals surface area contributed by atoms with Crippen molar-refractivity contribution in [3.05, 3.63) is 120 Å². The lowest BCUT2D eigenvalue weighted by atomic mass is 10.0. The molecule has 200 valence electrons. The van der Waals surface area contributed by atoms with Crippen molar-refractivity contribution < 1.29 is 14.3 Å². The fourth-order valence-corrected chi connectivity index (χ4v) is 5.35. The fraction of sp³-hybridized carbons (Fsp3) is 0. The van der Waals surface area contributed by atoms with Crippen molar-refractivity contribution >= 4 is 91.3 Å². The van der Waals surface area contributed by atoms with Gasteiger partial charge in [-0.25, -0.2) is 10.2 Å². The first-order valence-electron chi connectivity index (χ1n) is 11.6. The van der Waals surface area contributed by atoms with Crippen molar-refractivity contribution in [3.63, 3.8) is 0 Å². The van der Waals surface area contributed by atoms with E-state index in [1.807, 2.05) is 18.2 Å². The SMILES string of the molecule is O=C(Oc1ccc(Br)cc1C=NNC(=O)c1[nH]c2c(Cl)cccc2c1-c1ccccc1Cl)c1ccc(Cl)cc1Cl. The topological polar surface area (TPSA) is 83.5 Å². The van der Waals surface area contributed by atoms with Gasteiger partial charge < -0.3 is 9.72 Å². The number of fused-ring (bicyclic) bond motifs is 1. The van der Waals surface area contributed by atoms with Crippen LogP contribution in [0.5, 0.6) is 5.75 Å². The molecule has 0 atom stereocenters. The third-order valence-electron chi connectivity index (χ3n) is 5.85. The molecule has 5 rings (SSSR count). The number of nitrogens with zero attached hydrogens (tertiary/aromatic N) is 1. The van der Waals surface area contributed by atoms with Gasteiger partial charge in [0.2, 0.25) is 0 Å². The monoisotopic (exact) mass is 673 g/mol. The molecule has 2 N–H and O–H groups in total. The van der Waals surface area contributed by atoms with E-state index in [1.165, 1.54) is 24.4 Å². The highest BCUT2D eigenvalue weighted by molar-refractivity contribution is 9.10. The molecule has 5 aromatic rings. The van der Waals surface area contributed by atoms with Gasteiger partial charge >= 0.3 is 5.97 Å². The van der Waals surface area contributed by atoms with Gasteiger partial charge in [-0.3, -0.25) is 4.79 Å². The molecule has 1 heterocycles. The Morgan fingerprint density at radius 1 is 0.875 bits per heavy atom. The molecule has 0 fully saturated rings. The average molecular weight is 676 g/mol. The average Bonchev–Trinajstić information content (AvgIpc) is 3.31. The Balaban J connectivity index is 1.44. The summed E-state index contributed by atoms with van der Waals surface area (Å²) in [4.78, 5) is 29.2. The number of rotatable bonds is 6. The van der Waals surface area contributed by atoms with E-state index in [-0.39, 0.29) is 22.0 Å². The molecular formula is C29H16BrCl4N3O3. The number of hydrogen-bond donors (Lipinski definition) is 2. The largest absolute Gasteiger partial charge is 0.422 e. The second kappa shape index (κ2) is 12.0. The predicted octanol–water partition coefficient (Wildman–Crippen LogP) is 9.19. The zero-order valence-electron chi connectivity index (χ0n) is 20.1. The zero-order chi connectivity index (χ0) is 28.4. The number of aromatic amines is 1. The first kappa shape index (κ1) is 28.2. The van der Waals surface area contributed by atoms with Crippen LogP contribution in [0.4, 0.5) is 0 Å². The number of hydrazone groups is 1. The quantitative estimate of drug-likeness (QED) is 0.0815. The van der Waals surface area contributed by atoms with Crippen LogP contribution in [0.1, 0.15) is 26.4 Å². The number of carbonyl (C=O) groups excluding carboxylic acids is 2. The summed E-state index contributed by atoms with van der Waals surface area (Å²) in [6, 6.07) is 22.0. The van der Waals surface area contributed by atoms with Gasteiger partial charge in [0.05, 0.1) is 27.3 Å². The Labute approximate surface area is 257 Å². The number of para-hydroxylation sites is 1. The van der Waals surface area contributed by atoms with E-state index in [2.05, 4.69) is 31.4 Å². The number of halogens is 5. The van der Waals surface area contributed by atoms with Crippen molar-refractivity contribution in [2.24, 2.45) is 5.10 Å². The van der Waals surface area contributed by atoms with Crippen molar-refractivity contribution in [2.75, 3.05) is 0 Å². The van der Waals surface area contributed by atoms with E-state index in [0.717, 1.165) is 5.39 Å². The Morgan fingerprint density at radius 2 is 1.65 bits per heavy atom. The summed E-state index contributed by atoms with van der Waals surface area (Å²) in [6.45, 7) is 0. The van der Waals surface area contributed by atoms with Gasteiger partial charge in [-0.2, -0.15) is 5.10 Å². The highest BCUT2D eigenvalue weighted by atomic mass is 79.9. The van der Waals surface area contributed by atoms with Crippen LogP contribution in [0.3, 0.4) is 0 Å². The first-order chi connectivity index (χ1) is 19.2. The number of ether oxygens (including phenoxy) is 1. The van der Waals surface area contributed by atoms with E-state index in [1.54, 1.807) is 42.5 Å². The molecule has 40 heavy (non-hydrogen) atoms. The van der Waals surface area contributed by atoms with Crippen LogP contribution in [-0.4, -0.2) is 23.1 Å². The lowest BCUT2D eigenvalue weighted by Gasteiger charge is -2.09. The van der Waals surface area contributed by atoms with Crippen LogP contribution in [0.2, 0.25) is 20.1 Å². The molecule has 4 aromatic carbocycles. The normalized spacial score (nSPS) is 11.2. The Morgan fingerprint density at radius 3 is 2.42 bits per heavy atom. The zero-order valence-corrected chi connectivity index (χ0v) is 24.8. The maximum atomic E-state index is 13.3. The van der Waals surface area contributed by atoms with Crippen molar-refractivity contribution in [3.8, 4) is 16.9 Å². The minimum atomic E-state index is -0.679. The smallest absolute Gasteiger partial charge is 0.345 e. The molecule has 1 amide bonds. The van der Waals surface area contributed by atoms with Crippen LogP contribution in [-0.2, 0) is 0 Å². The number of hydrogen-bond acceptors (Lipinski definition) is 4. The van der Waals surface area contributed by atoms with Gasteiger partial charge in [-0.15, -0.1) is 0 Å². The van der Waals surface area contributed by atoms with Crippen LogP contribution < -0.4 is 10.2 Å². The van der Waals surface area contributed by atoms with Gasteiger partial charge in [0.25, 0.3) is 5.91 Å². The third-order valence-corrected chi connectivity index (χ3v) is 7.53. The minimum absolute atomic E-state index is 0.148. The molecule has 0 radical (unpaired) electrons. The Kier molecular flexibility index (Phi) is 8.49. The summed E-state index contributed by atoms with van der Waals surface area (Å²) in [5.74, 6) is -1.01. The predicted molar refractivity (Wildman–Crippen MR) is 164 cm³/mol. The molecule has 11 heteroatoms. The number of carbonyl (C=O) groups is 2. The van der Waals surface area contributed by atoms with Crippen molar-refractivity contribution in [1.82, 2.24) is 10.4 Å². The highest BCUT2D eigenvalue weighted by Gasteiger charge is 2.22. The summed E-state index contributed by atoms with van der Waals surface area (Å²) in [5.41, 5.74) is 5.16. The Hall–Kier alpha value is -3.33. The maximum Gasteiger partial charge on any atom is 0.345 e. The van der Waals surface area contributed by atoms with E-state index in [9.17, 15) is 9.59 Å². The molecule has 1 aromatic heterocycles. The Bertz CT molecular complexity index is 1820. The van der Waals surface area contributed by atoms with Crippen LogP contribution >= 0.6 is 62.3 Å². The van der Waals surface area contributed by atoms with Crippen molar-refractivity contribution in [2.45, 2.75) is 0 Å². The fourth-order valence-electron chi connectivity index (χ4n) is 4.04. The molecule has 0 aliphatic rings. The van der Waals surface area contributed by atoms with E-state index in [0.29, 0.717) is 41.7 Å². The molecule has 0 saturated heterocycles. The molecule has 0 saturated carbocycles. The van der Waals surface area contributed by atoms with Gasteiger partial charge in [0, 0.05) is 36.6 Å². The number of H-pyrrole nitrogens is 1. The van der Waals surface area contributed by atoms with E-state index >= 15 is 0 Å². The first-order valence-corrected chi connectivity index (χ1v) is 13.9. The summed E-state index contributed by atoms with van der Waals surface area (Å²) in [6.07, 6.45) is 1.36. The summed E-state index contributed by atoms with van der Waals surface area (Å²) < 4.78 is 6.27. The molecular weight excluding hydrogens is 660 g/mol. The number of nitrogens with one attached hydrogen (secondary N) is 2. The number of amides is 1. The standard InChI is InChI=1S/C29H16BrCl4N3O3/c30-16-8-11-24(40-29(39)19-10-9-17(31)13-23(19)34)15(12-16)14-35-37-28(38)27-25(18-4-1-2-6-21(18)32)20-5-3-7-22(33)26(20)36-27/h1-14,36H,(H,37,38). The van der Waals surface area contributed by atoms with E-state index < -0.39 is 11.9 Å². The number of esters is 1. The maximum absolute atomic E-state index is 13.3. The van der Waals surface area contributed by atoms with Gasteiger partial charge in [0.1, 0.15) is 11.4 Å². The van der Waals surface area contributed by atoms with Crippen LogP contribution in [0.25, 0.3) is 22.0 Å². The second-order valence-corrected chi connectivity index (χ2v) is 11.0. The lowest BCUT2D eigenvalue weighted by molar-refractivity contribution is 0.0734. The van der Waals surface area contributed by atoms with Crippen LogP contribution in [0.15, 0.2) is 88.4 Å². The molecule has 0 aliphatic carbocycles. The third kappa shape index (κ3) is 5.89. The molecule has 0 aliphatic heterocycles. The lowest BCUT2D eigenvalue weighted by Crippen LogP contribution is -2.19. The number of benzene rings is 4. The molecule has 0 spiro atoms. The number of aromatic nitrogens is 1. The molecule has 0 unspecified atom stereocenters. The minimum Gasteiger partial charge on any atom is -0.422 e.